The number of benzene rings is 2. The van der Waals surface area contributed by atoms with Gasteiger partial charge in [-0.05, 0) is 61.4 Å². The molecule has 2 bridgehead atoms. The Morgan fingerprint density at radius 3 is 2.73 bits per heavy atom. The molecule has 1 unspecified atom stereocenters. The average molecular weight is 620 g/mol. The third kappa shape index (κ3) is 11.1. The lowest BCUT2D eigenvalue weighted by Crippen LogP contribution is -2.50. The van der Waals surface area contributed by atoms with Crippen LogP contribution in [0.1, 0.15) is 62.1 Å². The number of ether oxygens (including phenoxy) is 1. The Bertz CT molecular complexity index is 1280. The van der Waals surface area contributed by atoms with Gasteiger partial charge in [-0.25, -0.2) is 4.39 Å². The standard InChI is InChI=1S/C33H41F4N3O4/c1-3-8-25-11-12-31(42)40(13-4-2)14-5-6-15-44-28-18-24(17-27(34)20-28)19-29(39-32(25)43)30(41)22-38-21-23-9-7-10-26(16-23)33(35,36)37/h1,7,9-10,16-18,20,25,29-30,38,41H,4-6,8,11-15,19,21-22H2,2H3,(H,39,43)/t25?,29-,30+/m0/s1. The molecule has 7 nitrogen and oxygen atoms in total. The van der Waals surface area contributed by atoms with E-state index in [1.54, 1.807) is 11.0 Å². The molecule has 1 aliphatic heterocycles. The van der Waals surface area contributed by atoms with E-state index < -0.39 is 41.5 Å². The number of halogens is 4. The average Bonchev–Trinajstić information content (AvgIpc) is 2.97. The van der Waals surface area contributed by atoms with Crippen LogP contribution in [0.3, 0.4) is 0 Å². The molecule has 44 heavy (non-hydrogen) atoms. The minimum Gasteiger partial charge on any atom is -0.493 e. The van der Waals surface area contributed by atoms with E-state index in [2.05, 4.69) is 16.6 Å². The van der Waals surface area contributed by atoms with Crippen molar-refractivity contribution >= 4 is 11.8 Å². The number of hydrogen-bond acceptors (Lipinski definition) is 5. The molecule has 2 aromatic rings. The van der Waals surface area contributed by atoms with E-state index in [0.29, 0.717) is 49.4 Å². The van der Waals surface area contributed by atoms with Crippen molar-refractivity contribution in [3.8, 4) is 18.1 Å². The number of aliphatic hydroxyl groups excluding tert-OH is 1. The van der Waals surface area contributed by atoms with Crippen LogP contribution in [0.4, 0.5) is 17.6 Å². The molecule has 0 saturated carbocycles. The molecule has 1 heterocycles. The molecular weight excluding hydrogens is 578 g/mol. The second-order valence-electron chi connectivity index (χ2n) is 11.1. The van der Waals surface area contributed by atoms with Gasteiger partial charge in [0.1, 0.15) is 11.6 Å². The Morgan fingerprint density at radius 1 is 1.20 bits per heavy atom. The molecule has 3 N–H and O–H groups in total. The van der Waals surface area contributed by atoms with E-state index >= 15 is 0 Å². The van der Waals surface area contributed by atoms with Gasteiger partial charge in [-0.15, -0.1) is 12.3 Å². The second kappa shape index (κ2) is 17.0. The molecule has 2 aromatic carbocycles. The van der Waals surface area contributed by atoms with Gasteiger partial charge < -0.3 is 25.4 Å². The summed E-state index contributed by atoms with van der Waals surface area (Å²) in [6.07, 6.45) is 2.48. The molecule has 240 valence electrons. The zero-order valence-corrected chi connectivity index (χ0v) is 25.0. The second-order valence-corrected chi connectivity index (χ2v) is 11.1. The lowest BCUT2D eigenvalue weighted by atomic mass is 9.95. The fraction of sp³-hybridized carbons (Fsp3) is 0.515. The topological polar surface area (TPSA) is 90.9 Å². The maximum atomic E-state index is 14.6. The number of fused-ring (bicyclic) bond motifs is 2. The Balaban J connectivity index is 1.81. The van der Waals surface area contributed by atoms with Crippen LogP contribution >= 0.6 is 0 Å². The third-order valence-electron chi connectivity index (χ3n) is 7.49. The molecule has 0 aromatic heterocycles. The number of hydrogen-bond donors (Lipinski definition) is 3. The Hall–Kier alpha value is -3.62. The molecule has 3 rings (SSSR count). The number of terminal acetylenes is 1. The van der Waals surface area contributed by atoms with Crippen LogP contribution in [0.15, 0.2) is 42.5 Å². The van der Waals surface area contributed by atoms with E-state index in [1.807, 2.05) is 6.92 Å². The summed E-state index contributed by atoms with van der Waals surface area (Å²) in [6.45, 7) is 3.39. The van der Waals surface area contributed by atoms with Crippen molar-refractivity contribution in [1.82, 2.24) is 15.5 Å². The smallest absolute Gasteiger partial charge is 0.416 e. The van der Waals surface area contributed by atoms with Crippen molar-refractivity contribution < 1.29 is 37.0 Å². The van der Waals surface area contributed by atoms with Gasteiger partial charge in [-0.2, -0.15) is 13.2 Å². The van der Waals surface area contributed by atoms with Crippen molar-refractivity contribution in [1.29, 1.82) is 0 Å². The third-order valence-corrected chi connectivity index (χ3v) is 7.49. The van der Waals surface area contributed by atoms with Crippen LogP contribution in [-0.2, 0) is 28.7 Å². The van der Waals surface area contributed by atoms with Crippen LogP contribution in [0.25, 0.3) is 0 Å². The van der Waals surface area contributed by atoms with Crippen LogP contribution in [0.2, 0.25) is 0 Å². The molecule has 0 saturated heterocycles. The van der Waals surface area contributed by atoms with E-state index in [1.165, 1.54) is 24.3 Å². The predicted molar refractivity (Wildman–Crippen MR) is 159 cm³/mol. The lowest BCUT2D eigenvalue weighted by molar-refractivity contribution is -0.137. The summed E-state index contributed by atoms with van der Waals surface area (Å²) in [5.41, 5.74) is 0.0648. The van der Waals surface area contributed by atoms with E-state index in [0.717, 1.165) is 18.6 Å². The van der Waals surface area contributed by atoms with Crippen LogP contribution in [0.5, 0.6) is 5.75 Å². The van der Waals surface area contributed by atoms with Gasteiger partial charge in [0.2, 0.25) is 11.8 Å². The minimum atomic E-state index is -4.48. The van der Waals surface area contributed by atoms with Crippen molar-refractivity contribution in [3.05, 3.63) is 65.0 Å². The summed E-state index contributed by atoms with van der Waals surface area (Å²) in [7, 11) is 0. The highest BCUT2D eigenvalue weighted by atomic mass is 19.4. The number of carbonyl (C=O) groups excluding carboxylic acids is 2. The number of aliphatic hydroxyl groups is 1. The molecule has 0 aliphatic carbocycles. The fourth-order valence-electron chi connectivity index (χ4n) is 5.17. The molecule has 2 amide bonds. The molecule has 0 spiro atoms. The highest BCUT2D eigenvalue weighted by molar-refractivity contribution is 5.81. The Labute approximate surface area is 256 Å². The molecule has 11 heteroatoms. The van der Waals surface area contributed by atoms with E-state index in [9.17, 15) is 32.3 Å². The van der Waals surface area contributed by atoms with Crippen LogP contribution in [-0.4, -0.2) is 60.2 Å². The van der Waals surface area contributed by atoms with Gasteiger partial charge in [0.25, 0.3) is 0 Å². The first kappa shape index (κ1) is 34.9. The highest BCUT2D eigenvalue weighted by Crippen LogP contribution is 2.29. The van der Waals surface area contributed by atoms with Crippen molar-refractivity contribution in [2.75, 3.05) is 26.2 Å². The van der Waals surface area contributed by atoms with E-state index in [4.69, 9.17) is 11.2 Å². The number of nitrogens with one attached hydrogen (secondary N) is 2. The minimum absolute atomic E-state index is 0.0374. The molecule has 1 aliphatic rings. The van der Waals surface area contributed by atoms with Gasteiger partial charge in [0, 0.05) is 51.0 Å². The molecule has 0 radical (unpaired) electrons. The van der Waals surface area contributed by atoms with Crippen molar-refractivity contribution in [2.24, 2.45) is 5.92 Å². The first-order chi connectivity index (χ1) is 21.0. The lowest BCUT2D eigenvalue weighted by Gasteiger charge is -2.27. The first-order valence-corrected chi connectivity index (χ1v) is 15.0. The quantitative estimate of drug-likeness (QED) is 0.290. The van der Waals surface area contributed by atoms with Crippen LogP contribution < -0.4 is 15.4 Å². The van der Waals surface area contributed by atoms with Crippen molar-refractivity contribution in [3.63, 3.8) is 0 Å². The molecule has 3 atom stereocenters. The first-order valence-electron chi connectivity index (χ1n) is 15.0. The summed E-state index contributed by atoms with van der Waals surface area (Å²) in [5, 5.41) is 16.9. The summed E-state index contributed by atoms with van der Waals surface area (Å²) < 4.78 is 59.7. The molecular formula is C33H41F4N3O4. The predicted octanol–water partition coefficient (Wildman–Crippen LogP) is 4.85. The van der Waals surface area contributed by atoms with Gasteiger partial charge in [-0.3, -0.25) is 9.59 Å². The zero-order valence-electron chi connectivity index (χ0n) is 25.0. The normalized spacial score (nSPS) is 19.8. The zero-order chi connectivity index (χ0) is 32.1. The summed E-state index contributed by atoms with van der Waals surface area (Å²) in [6, 6.07) is 8.14. The number of carbonyl (C=O) groups is 2. The largest absolute Gasteiger partial charge is 0.493 e. The highest BCUT2D eigenvalue weighted by Gasteiger charge is 2.31. The van der Waals surface area contributed by atoms with Gasteiger partial charge in [0.15, 0.2) is 0 Å². The van der Waals surface area contributed by atoms with Crippen molar-refractivity contribution in [2.45, 2.75) is 76.7 Å². The Morgan fingerprint density at radius 2 is 2.00 bits per heavy atom. The summed E-state index contributed by atoms with van der Waals surface area (Å²) >= 11 is 0. The van der Waals surface area contributed by atoms with Gasteiger partial charge in [0.05, 0.1) is 24.3 Å². The monoisotopic (exact) mass is 619 g/mol. The fourth-order valence-corrected chi connectivity index (χ4v) is 5.17. The molecule has 0 fully saturated rings. The maximum Gasteiger partial charge on any atom is 0.416 e. The Kier molecular flexibility index (Phi) is 13.5. The van der Waals surface area contributed by atoms with E-state index in [-0.39, 0.29) is 44.7 Å². The summed E-state index contributed by atoms with van der Waals surface area (Å²) in [4.78, 5) is 28.2. The van der Waals surface area contributed by atoms with Crippen LogP contribution in [0, 0.1) is 24.1 Å². The maximum absolute atomic E-state index is 14.6. The van der Waals surface area contributed by atoms with Gasteiger partial charge in [-0.1, -0.05) is 25.1 Å². The number of alkyl halides is 3. The SMILES string of the molecule is C#CCC1CCC(=O)N(CCC)CCCCOc2cc(F)cc(c2)C[C@@H]([C@H](O)CNCc2cccc(C(F)(F)F)c2)NC1=O. The number of nitrogens with zero attached hydrogens (tertiary/aromatic N) is 1. The van der Waals surface area contributed by atoms with Gasteiger partial charge >= 0.3 is 6.18 Å². The number of amides is 2. The summed E-state index contributed by atoms with van der Waals surface area (Å²) in [5.74, 6) is 1.05. The number of rotatable bonds is 8.